The van der Waals surface area contributed by atoms with Crippen molar-refractivity contribution in [2.24, 2.45) is 0 Å². The Morgan fingerprint density at radius 2 is 1.73 bits per heavy atom. The van der Waals surface area contributed by atoms with E-state index in [0.29, 0.717) is 22.2 Å². The molecule has 5 heteroatoms. The summed E-state index contributed by atoms with van der Waals surface area (Å²) in [5.41, 5.74) is 1.79. The summed E-state index contributed by atoms with van der Waals surface area (Å²) in [7, 11) is 0. The van der Waals surface area contributed by atoms with Crippen LogP contribution < -0.4 is 14.8 Å². The van der Waals surface area contributed by atoms with Crippen LogP contribution in [-0.2, 0) is 4.79 Å². The summed E-state index contributed by atoms with van der Waals surface area (Å²) in [5.74, 6) is 1.68. The van der Waals surface area contributed by atoms with Crippen LogP contribution in [0.25, 0.3) is 0 Å². The van der Waals surface area contributed by atoms with Gasteiger partial charge in [-0.25, -0.2) is 0 Å². The molecule has 0 saturated heterocycles. The van der Waals surface area contributed by atoms with Gasteiger partial charge in [-0.3, -0.25) is 4.79 Å². The SMILES string of the molecule is Cc1cccc(Oc2ccc(NC(=O)COc3ccccc3Cl)cc2)c1. The minimum atomic E-state index is -0.266. The zero-order valence-corrected chi connectivity index (χ0v) is 15.0. The number of carbonyl (C=O) groups excluding carboxylic acids is 1. The molecule has 0 aromatic heterocycles. The van der Waals surface area contributed by atoms with Crippen LogP contribution in [-0.4, -0.2) is 12.5 Å². The maximum Gasteiger partial charge on any atom is 0.262 e. The molecule has 26 heavy (non-hydrogen) atoms. The molecule has 3 aromatic carbocycles. The summed E-state index contributed by atoms with van der Waals surface area (Å²) in [6.45, 7) is 1.89. The highest BCUT2D eigenvalue weighted by atomic mass is 35.5. The van der Waals surface area contributed by atoms with Crippen LogP contribution in [0.4, 0.5) is 5.69 Å². The summed E-state index contributed by atoms with van der Waals surface area (Å²) in [5, 5.41) is 3.24. The van der Waals surface area contributed by atoms with Crippen molar-refractivity contribution < 1.29 is 14.3 Å². The highest BCUT2D eigenvalue weighted by Crippen LogP contribution is 2.24. The first-order valence-electron chi connectivity index (χ1n) is 8.12. The number of rotatable bonds is 6. The van der Waals surface area contributed by atoms with Gasteiger partial charge in [-0.2, -0.15) is 0 Å². The first-order valence-corrected chi connectivity index (χ1v) is 8.50. The topological polar surface area (TPSA) is 47.6 Å². The van der Waals surface area contributed by atoms with Crippen molar-refractivity contribution in [3.05, 3.63) is 83.4 Å². The smallest absolute Gasteiger partial charge is 0.262 e. The molecule has 0 fully saturated rings. The normalized spacial score (nSPS) is 10.2. The molecule has 3 aromatic rings. The number of aryl methyl sites for hydroxylation is 1. The highest BCUT2D eigenvalue weighted by molar-refractivity contribution is 6.32. The lowest BCUT2D eigenvalue weighted by atomic mass is 10.2. The van der Waals surface area contributed by atoms with Gasteiger partial charge in [-0.15, -0.1) is 0 Å². The molecule has 132 valence electrons. The zero-order chi connectivity index (χ0) is 18.4. The number of ether oxygens (including phenoxy) is 2. The summed E-state index contributed by atoms with van der Waals surface area (Å²) in [4.78, 5) is 12.0. The standard InChI is InChI=1S/C21H18ClNO3/c1-15-5-4-6-18(13-15)26-17-11-9-16(10-12-17)23-21(24)14-25-20-8-3-2-7-19(20)22/h2-13H,14H2,1H3,(H,23,24). The van der Waals surface area contributed by atoms with Gasteiger partial charge < -0.3 is 14.8 Å². The van der Waals surface area contributed by atoms with Crippen molar-refractivity contribution in [3.63, 3.8) is 0 Å². The van der Waals surface area contributed by atoms with Gasteiger partial charge in [-0.05, 0) is 61.0 Å². The quantitative estimate of drug-likeness (QED) is 0.629. The fraction of sp³-hybridized carbons (Fsp3) is 0.0952. The average molecular weight is 368 g/mol. The van der Waals surface area contributed by atoms with E-state index >= 15 is 0 Å². The molecule has 0 aliphatic rings. The molecule has 0 aliphatic heterocycles. The Balaban J connectivity index is 1.53. The van der Waals surface area contributed by atoms with Gasteiger partial charge in [-0.1, -0.05) is 35.9 Å². The molecular formula is C21H18ClNO3. The monoisotopic (exact) mass is 367 g/mol. The van der Waals surface area contributed by atoms with Crippen LogP contribution in [0.15, 0.2) is 72.8 Å². The number of hydrogen-bond acceptors (Lipinski definition) is 3. The molecule has 0 unspecified atom stereocenters. The van der Waals surface area contributed by atoms with E-state index in [1.807, 2.05) is 31.2 Å². The third kappa shape index (κ3) is 5.01. The Kier molecular flexibility index (Phi) is 5.77. The number of amides is 1. The summed E-state index contributed by atoms with van der Waals surface area (Å²) in [6, 6.07) is 22.0. The minimum Gasteiger partial charge on any atom is -0.482 e. The lowest BCUT2D eigenvalue weighted by molar-refractivity contribution is -0.118. The zero-order valence-electron chi connectivity index (χ0n) is 14.2. The average Bonchev–Trinajstić information content (AvgIpc) is 2.63. The van der Waals surface area contributed by atoms with Gasteiger partial charge in [0.25, 0.3) is 5.91 Å². The number of hydrogen-bond donors (Lipinski definition) is 1. The summed E-state index contributed by atoms with van der Waals surface area (Å²) < 4.78 is 11.2. The Hall–Kier alpha value is -2.98. The van der Waals surface area contributed by atoms with E-state index in [2.05, 4.69) is 5.32 Å². The van der Waals surface area contributed by atoms with Crippen molar-refractivity contribution in [1.82, 2.24) is 0 Å². The van der Waals surface area contributed by atoms with E-state index in [1.165, 1.54) is 0 Å². The van der Waals surface area contributed by atoms with Gasteiger partial charge >= 0.3 is 0 Å². The van der Waals surface area contributed by atoms with E-state index < -0.39 is 0 Å². The molecule has 0 saturated carbocycles. The predicted octanol–water partition coefficient (Wildman–Crippen LogP) is 5.46. The van der Waals surface area contributed by atoms with E-state index in [4.69, 9.17) is 21.1 Å². The molecule has 0 spiro atoms. The molecule has 0 heterocycles. The summed E-state index contributed by atoms with van der Waals surface area (Å²) >= 11 is 5.99. The lowest BCUT2D eigenvalue weighted by Gasteiger charge is -2.10. The van der Waals surface area contributed by atoms with Crippen molar-refractivity contribution in [3.8, 4) is 17.2 Å². The fourth-order valence-corrected chi connectivity index (χ4v) is 2.51. The predicted molar refractivity (Wildman–Crippen MR) is 103 cm³/mol. The van der Waals surface area contributed by atoms with Crippen LogP contribution in [0.5, 0.6) is 17.2 Å². The van der Waals surface area contributed by atoms with Gasteiger partial charge in [0.1, 0.15) is 17.2 Å². The maximum absolute atomic E-state index is 12.0. The van der Waals surface area contributed by atoms with E-state index in [0.717, 1.165) is 11.3 Å². The van der Waals surface area contributed by atoms with Crippen molar-refractivity contribution >= 4 is 23.2 Å². The second-order valence-corrected chi connectivity index (χ2v) is 6.12. The first-order chi connectivity index (χ1) is 12.6. The lowest BCUT2D eigenvalue weighted by Crippen LogP contribution is -2.20. The number of benzene rings is 3. The molecule has 1 amide bonds. The molecule has 0 radical (unpaired) electrons. The van der Waals surface area contributed by atoms with E-state index in [9.17, 15) is 4.79 Å². The summed E-state index contributed by atoms with van der Waals surface area (Å²) in [6.07, 6.45) is 0. The van der Waals surface area contributed by atoms with Crippen molar-refractivity contribution in [1.29, 1.82) is 0 Å². The molecular weight excluding hydrogens is 350 g/mol. The van der Waals surface area contributed by atoms with Crippen molar-refractivity contribution in [2.75, 3.05) is 11.9 Å². The third-order valence-corrected chi connectivity index (χ3v) is 3.87. The molecule has 0 bridgehead atoms. The second-order valence-electron chi connectivity index (χ2n) is 5.71. The molecule has 1 N–H and O–H groups in total. The number of carbonyl (C=O) groups is 1. The van der Waals surface area contributed by atoms with Crippen LogP contribution >= 0.6 is 11.6 Å². The van der Waals surface area contributed by atoms with Crippen LogP contribution in [0.1, 0.15) is 5.56 Å². The van der Waals surface area contributed by atoms with Crippen LogP contribution in [0, 0.1) is 6.92 Å². The van der Waals surface area contributed by atoms with Crippen LogP contribution in [0.3, 0.4) is 0 Å². The van der Waals surface area contributed by atoms with Crippen LogP contribution in [0.2, 0.25) is 5.02 Å². The number of nitrogens with one attached hydrogen (secondary N) is 1. The first kappa shape index (κ1) is 17.8. The Morgan fingerprint density at radius 3 is 2.46 bits per heavy atom. The molecule has 4 nitrogen and oxygen atoms in total. The van der Waals surface area contributed by atoms with Gasteiger partial charge in [0.2, 0.25) is 0 Å². The number of anilines is 1. The second kappa shape index (κ2) is 8.41. The molecule has 3 rings (SSSR count). The Labute approximate surface area is 157 Å². The number of halogens is 1. The third-order valence-electron chi connectivity index (χ3n) is 3.56. The Morgan fingerprint density at radius 1 is 0.962 bits per heavy atom. The van der Waals surface area contributed by atoms with Gasteiger partial charge in [0.15, 0.2) is 6.61 Å². The minimum absolute atomic E-state index is 0.120. The largest absolute Gasteiger partial charge is 0.482 e. The van der Waals surface area contributed by atoms with Gasteiger partial charge in [0, 0.05) is 5.69 Å². The van der Waals surface area contributed by atoms with Gasteiger partial charge in [0.05, 0.1) is 5.02 Å². The van der Waals surface area contributed by atoms with Crippen molar-refractivity contribution in [2.45, 2.75) is 6.92 Å². The Bertz CT molecular complexity index is 894. The number of para-hydroxylation sites is 1. The molecule has 0 atom stereocenters. The fourth-order valence-electron chi connectivity index (χ4n) is 2.32. The van der Waals surface area contributed by atoms with E-state index in [1.54, 1.807) is 48.5 Å². The highest BCUT2D eigenvalue weighted by Gasteiger charge is 2.06. The maximum atomic E-state index is 12.0. The van der Waals surface area contributed by atoms with E-state index in [-0.39, 0.29) is 12.5 Å². The molecule has 0 aliphatic carbocycles.